The van der Waals surface area contributed by atoms with Gasteiger partial charge in [0.15, 0.2) is 9.84 Å². The molecule has 0 atom stereocenters. The van der Waals surface area contributed by atoms with E-state index in [1.54, 1.807) is 54.6 Å². The van der Waals surface area contributed by atoms with Crippen molar-refractivity contribution in [2.24, 2.45) is 0 Å². The van der Waals surface area contributed by atoms with Crippen molar-refractivity contribution >= 4 is 15.8 Å². The normalized spacial score (nSPS) is 11.0. The van der Waals surface area contributed by atoms with Gasteiger partial charge < -0.3 is 9.15 Å². The van der Waals surface area contributed by atoms with E-state index in [-0.39, 0.29) is 22.0 Å². The second-order valence-corrected chi connectivity index (χ2v) is 8.94. The Kier molecular flexibility index (Phi) is 5.88. The zero-order valence-electron chi connectivity index (χ0n) is 16.8. The maximum atomic E-state index is 12.6. The molecule has 32 heavy (non-hydrogen) atoms. The summed E-state index contributed by atoms with van der Waals surface area (Å²) in [4.78, 5) is 12.8. The van der Waals surface area contributed by atoms with Crippen molar-refractivity contribution in [2.75, 3.05) is 0 Å². The molecule has 0 saturated heterocycles. The fourth-order valence-electron chi connectivity index (χ4n) is 3.15. The van der Waals surface area contributed by atoms with Crippen LogP contribution in [0.15, 0.2) is 101 Å². The Morgan fingerprint density at radius 1 is 0.875 bits per heavy atom. The van der Waals surface area contributed by atoms with Gasteiger partial charge in [-0.15, -0.1) is 0 Å². The minimum absolute atomic E-state index is 0.152. The van der Waals surface area contributed by atoms with Gasteiger partial charge in [0.2, 0.25) is 5.76 Å². The number of ether oxygens (including phenoxy) is 1. The van der Waals surface area contributed by atoms with Gasteiger partial charge >= 0.3 is 5.97 Å². The fraction of sp³-hybridized carbons (Fsp3) is 0.0400. The van der Waals surface area contributed by atoms with E-state index in [4.69, 9.17) is 14.4 Å². The van der Waals surface area contributed by atoms with Crippen molar-refractivity contribution in [3.63, 3.8) is 0 Å². The van der Waals surface area contributed by atoms with Crippen LogP contribution in [0.3, 0.4) is 0 Å². The van der Waals surface area contributed by atoms with Crippen LogP contribution in [0.5, 0.6) is 5.75 Å². The number of nitrogens with zero attached hydrogens (tertiary/aromatic N) is 1. The van der Waals surface area contributed by atoms with Crippen molar-refractivity contribution in [3.05, 3.63) is 108 Å². The Bertz CT molecular complexity index is 1380. The Labute approximate surface area is 185 Å². The quantitative estimate of drug-likeness (QED) is 0.307. The number of sulfone groups is 1. The molecule has 0 spiro atoms. The van der Waals surface area contributed by atoms with E-state index >= 15 is 0 Å². The summed E-state index contributed by atoms with van der Waals surface area (Å²) < 4.78 is 35.9. The molecule has 1 aromatic heterocycles. The number of hydrogen-bond donors (Lipinski definition) is 0. The molecule has 0 radical (unpaired) electrons. The van der Waals surface area contributed by atoms with Crippen LogP contribution < -0.4 is 4.74 Å². The van der Waals surface area contributed by atoms with Gasteiger partial charge in [-0.25, -0.2) is 13.2 Å². The summed E-state index contributed by atoms with van der Waals surface area (Å²) >= 11 is 0. The maximum Gasteiger partial charge on any atom is 0.379 e. The van der Waals surface area contributed by atoms with Crippen molar-refractivity contribution in [2.45, 2.75) is 10.6 Å². The minimum Gasteiger partial charge on any atom is -0.457 e. The van der Waals surface area contributed by atoms with Crippen LogP contribution in [-0.2, 0) is 15.6 Å². The van der Waals surface area contributed by atoms with Gasteiger partial charge in [0.05, 0.1) is 28.5 Å². The van der Waals surface area contributed by atoms with Crippen LogP contribution in [0, 0.1) is 11.3 Å². The summed E-state index contributed by atoms with van der Waals surface area (Å²) in [5.74, 6) is -1.02. The average molecular weight is 443 g/mol. The summed E-state index contributed by atoms with van der Waals surface area (Å²) in [5, 5.41) is 8.90. The van der Waals surface area contributed by atoms with Crippen LogP contribution in [0.25, 0.3) is 11.1 Å². The van der Waals surface area contributed by atoms with Crippen LogP contribution in [0.4, 0.5) is 0 Å². The minimum atomic E-state index is -3.64. The van der Waals surface area contributed by atoms with E-state index in [0.29, 0.717) is 11.3 Å². The summed E-state index contributed by atoms with van der Waals surface area (Å²) in [6.45, 7) is 0. The monoisotopic (exact) mass is 443 g/mol. The van der Waals surface area contributed by atoms with E-state index in [0.717, 1.165) is 11.1 Å². The molecule has 0 unspecified atom stereocenters. The lowest BCUT2D eigenvalue weighted by molar-refractivity contribution is 0.0700. The van der Waals surface area contributed by atoms with Gasteiger partial charge in [-0.1, -0.05) is 42.5 Å². The molecule has 4 aromatic rings. The first-order chi connectivity index (χ1) is 15.5. The smallest absolute Gasteiger partial charge is 0.379 e. The van der Waals surface area contributed by atoms with Crippen molar-refractivity contribution in [1.29, 1.82) is 5.26 Å². The molecule has 0 aliphatic rings. The predicted octanol–water partition coefficient (Wildman–Crippen LogP) is 5.01. The molecule has 0 aliphatic heterocycles. The van der Waals surface area contributed by atoms with E-state index in [9.17, 15) is 13.2 Å². The van der Waals surface area contributed by atoms with E-state index in [1.807, 2.05) is 12.1 Å². The zero-order chi connectivity index (χ0) is 22.6. The van der Waals surface area contributed by atoms with Crippen LogP contribution in [0.1, 0.15) is 21.7 Å². The SMILES string of the molecule is N#Cc1ccc(-c2ccc(OC(=O)c3occc3CS(=O)(=O)c3ccccc3)cc2)cc1. The molecular weight excluding hydrogens is 426 g/mol. The number of carbonyl (C=O) groups is 1. The molecule has 0 fully saturated rings. The molecule has 3 aromatic carbocycles. The number of carbonyl (C=O) groups excluding carboxylic acids is 1. The highest BCUT2D eigenvalue weighted by atomic mass is 32.2. The van der Waals surface area contributed by atoms with Crippen LogP contribution >= 0.6 is 0 Å². The molecule has 4 rings (SSSR count). The molecule has 0 aliphatic carbocycles. The summed E-state index contributed by atoms with van der Waals surface area (Å²) in [5.41, 5.74) is 2.61. The van der Waals surface area contributed by atoms with Crippen molar-refractivity contribution < 1.29 is 22.4 Å². The third kappa shape index (κ3) is 4.61. The zero-order valence-corrected chi connectivity index (χ0v) is 17.6. The Morgan fingerprint density at radius 3 is 2.12 bits per heavy atom. The highest BCUT2D eigenvalue weighted by Gasteiger charge is 2.23. The lowest BCUT2D eigenvalue weighted by atomic mass is 10.0. The highest BCUT2D eigenvalue weighted by molar-refractivity contribution is 7.90. The fourth-order valence-corrected chi connectivity index (χ4v) is 4.53. The summed E-state index contributed by atoms with van der Waals surface area (Å²) in [6.07, 6.45) is 1.26. The maximum absolute atomic E-state index is 12.6. The van der Waals surface area contributed by atoms with Gasteiger partial charge in [0.1, 0.15) is 5.75 Å². The highest BCUT2D eigenvalue weighted by Crippen LogP contribution is 2.25. The van der Waals surface area contributed by atoms with E-state index in [2.05, 4.69) is 6.07 Å². The number of furan rings is 1. The second kappa shape index (κ2) is 8.92. The topological polar surface area (TPSA) is 97.4 Å². The van der Waals surface area contributed by atoms with E-state index < -0.39 is 15.8 Å². The third-order valence-electron chi connectivity index (χ3n) is 4.79. The van der Waals surface area contributed by atoms with Crippen LogP contribution in [-0.4, -0.2) is 14.4 Å². The number of rotatable bonds is 6. The molecular formula is C25H17NO5S. The van der Waals surface area contributed by atoms with Crippen LogP contribution in [0.2, 0.25) is 0 Å². The largest absolute Gasteiger partial charge is 0.457 e. The van der Waals surface area contributed by atoms with Crippen molar-refractivity contribution in [3.8, 4) is 22.9 Å². The molecule has 0 bridgehead atoms. The van der Waals surface area contributed by atoms with Gasteiger partial charge in [-0.2, -0.15) is 5.26 Å². The first-order valence-electron chi connectivity index (χ1n) is 9.63. The van der Waals surface area contributed by atoms with Gasteiger partial charge in [0.25, 0.3) is 0 Å². The Hall–Kier alpha value is -4.15. The predicted molar refractivity (Wildman–Crippen MR) is 118 cm³/mol. The van der Waals surface area contributed by atoms with Crippen molar-refractivity contribution in [1.82, 2.24) is 0 Å². The first-order valence-corrected chi connectivity index (χ1v) is 11.3. The van der Waals surface area contributed by atoms with E-state index in [1.165, 1.54) is 24.5 Å². The lowest BCUT2D eigenvalue weighted by Gasteiger charge is -2.07. The standard InChI is InChI=1S/C25H17NO5S/c26-16-18-6-8-19(9-7-18)20-10-12-22(13-11-20)31-25(27)24-21(14-15-30-24)17-32(28,29)23-4-2-1-3-5-23/h1-15H,17H2. The first kappa shape index (κ1) is 21.1. The molecule has 7 heteroatoms. The number of nitriles is 1. The number of esters is 1. The Morgan fingerprint density at radius 2 is 1.50 bits per heavy atom. The Balaban J connectivity index is 1.48. The summed E-state index contributed by atoms with van der Waals surface area (Å²) in [7, 11) is -3.64. The molecule has 0 N–H and O–H groups in total. The molecule has 0 amide bonds. The van der Waals surface area contributed by atoms with Gasteiger partial charge in [-0.05, 0) is 53.6 Å². The third-order valence-corrected chi connectivity index (χ3v) is 6.47. The molecule has 158 valence electrons. The lowest BCUT2D eigenvalue weighted by Crippen LogP contribution is -2.12. The molecule has 0 saturated carbocycles. The number of hydrogen-bond acceptors (Lipinski definition) is 6. The summed E-state index contributed by atoms with van der Waals surface area (Å²) in [6, 6.07) is 25.5. The van der Waals surface area contributed by atoms with Gasteiger partial charge in [0, 0.05) is 5.56 Å². The molecule has 1 heterocycles. The number of benzene rings is 3. The molecule has 6 nitrogen and oxygen atoms in total. The second-order valence-electron chi connectivity index (χ2n) is 6.95. The average Bonchev–Trinajstić information content (AvgIpc) is 3.28. The van der Waals surface area contributed by atoms with Gasteiger partial charge in [-0.3, -0.25) is 0 Å².